The molecule has 1 aromatic heterocycles. The number of nitrogens with zero attached hydrogens (tertiary/aromatic N) is 3. The largest absolute Gasteiger partial charge is 0.354 e. The second-order valence-electron chi connectivity index (χ2n) is 8.01. The summed E-state index contributed by atoms with van der Waals surface area (Å²) in [6.07, 6.45) is 14.9. The van der Waals surface area contributed by atoms with Crippen LogP contribution in [0.25, 0.3) is 0 Å². The molecule has 2 aliphatic heterocycles. The van der Waals surface area contributed by atoms with E-state index in [1.165, 1.54) is 45.2 Å². The number of rotatable bonds is 8. The molecule has 2 atom stereocenters. The van der Waals surface area contributed by atoms with Gasteiger partial charge in [-0.25, -0.2) is 0 Å². The smallest absolute Gasteiger partial charge is 0.222 e. The van der Waals surface area contributed by atoms with Crippen molar-refractivity contribution in [3.63, 3.8) is 0 Å². The first-order chi connectivity index (χ1) is 12.2. The Bertz CT molecular complexity index is 511. The molecule has 1 amide bonds. The summed E-state index contributed by atoms with van der Waals surface area (Å²) in [4.78, 5) is 17.2. The lowest BCUT2D eigenvalue weighted by atomic mass is 9.83. The van der Waals surface area contributed by atoms with Crippen molar-refractivity contribution in [2.45, 2.75) is 70.4 Å². The average molecular weight is 346 g/mol. The quantitative estimate of drug-likeness (QED) is 0.671. The van der Waals surface area contributed by atoms with Crippen LogP contribution >= 0.6 is 0 Å². The molecule has 0 bridgehead atoms. The molecule has 4 nitrogen and oxygen atoms in total. The third-order valence-electron chi connectivity index (χ3n) is 6.14. The van der Waals surface area contributed by atoms with E-state index in [0.29, 0.717) is 18.2 Å². The fourth-order valence-corrected chi connectivity index (χ4v) is 4.70. The van der Waals surface area contributed by atoms with Crippen molar-refractivity contribution in [2.75, 3.05) is 26.7 Å². The van der Waals surface area contributed by atoms with Crippen LogP contribution in [-0.4, -0.2) is 53.0 Å². The number of aromatic nitrogens is 1. The first-order valence-electron chi connectivity index (χ1n) is 10.3. The molecule has 2 fully saturated rings. The Labute approximate surface area is 153 Å². The summed E-state index contributed by atoms with van der Waals surface area (Å²) in [5.74, 6) is 1.03. The summed E-state index contributed by atoms with van der Waals surface area (Å²) in [7, 11) is 2.02. The fourth-order valence-electron chi connectivity index (χ4n) is 4.70. The third kappa shape index (κ3) is 5.34. The molecule has 25 heavy (non-hydrogen) atoms. The molecule has 0 saturated carbocycles. The van der Waals surface area contributed by atoms with Crippen LogP contribution in [-0.2, 0) is 11.3 Å². The molecule has 1 aromatic rings. The van der Waals surface area contributed by atoms with E-state index in [1.54, 1.807) is 0 Å². The molecule has 0 spiro atoms. The summed E-state index contributed by atoms with van der Waals surface area (Å²) in [6, 6.07) is 4.87. The van der Waals surface area contributed by atoms with E-state index in [1.807, 2.05) is 11.9 Å². The lowest BCUT2D eigenvalue weighted by Gasteiger charge is -2.45. The van der Waals surface area contributed by atoms with Crippen LogP contribution in [0, 0.1) is 5.92 Å². The molecule has 0 aliphatic carbocycles. The van der Waals surface area contributed by atoms with Crippen molar-refractivity contribution in [2.24, 2.45) is 5.92 Å². The highest BCUT2D eigenvalue weighted by molar-refractivity contribution is 5.75. The van der Waals surface area contributed by atoms with E-state index in [4.69, 9.17) is 0 Å². The minimum absolute atomic E-state index is 0.342. The van der Waals surface area contributed by atoms with E-state index in [-0.39, 0.29) is 0 Å². The topological polar surface area (TPSA) is 28.5 Å². The monoisotopic (exact) mass is 345 g/mol. The third-order valence-corrected chi connectivity index (χ3v) is 6.14. The van der Waals surface area contributed by atoms with E-state index in [0.717, 1.165) is 38.4 Å². The number of hydrogen-bond acceptors (Lipinski definition) is 2. The number of carbonyl (C=O) groups excluding carboxylic acids is 1. The molecule has 0 N–H and O–H groups in total. The normalized spacial score (nSPS) is 24.0. The van der Waals surface area contributed by atoms with Crippen molar-refractivity contribution in [1.82, 2.24) is 14.4 Å². The highest BCUT2D eigenvalue weighted by atomic mass is 16.2. The van der Waals surface area contributed by atoms with Gasteiger partial charge in [-0.1, -0.05) is 12.8 Å². The number of unbranched alkanes of at least 4 members (excludes halogenated alkanes) is 2. The Morgan fingerprint density at radius 2 is 1.84 bits per heavy atom. The summed E-state index contributed by atoms with van der Waals surface area (Å²) in [6.45, 7) is 4.58. The van der Waals surface area contributed by atoms with Crippen molar-refractivity contribution < 1.29 is 4.79 Å². The molecule has 3 rings (SSSR count). The Hall–Kier alpha value is -1.29. The van der Waals surface area contributed by atoms with Gasteiger partial charge in [0.25, 0.3) is 0 Å². The van der Waals surface area contributed by atoms with E-state index in [9.17, 15) is 4.79 Å². The van der Waals surface area contributed by atoms with Gasteiger partial charge in [-0.15, -0.1) is 0 Å². The van der Waals surface area contributed by atoms with E-state index >= 15 is 0 Å². The molecule has 4 heteroatoms. The zero-order chi connectivity index (χ0) is 17.5. The van der Waals surface area contributed by atoms with Crippen molar-refractivity contribution in [3.8, 4) is 0 Å². The number of amides is 1. The van der Waals surface area contributed by atoms with Crippen LogP contribution in [0.2, 0.25) is 0 Å². The van der Waals surface area contributed by atoms with Gasteiger partial charge in [0, 0.05) is 45.0 Å². The molecule has 140 valence electrons. The van der Waals surface area contributed by atoms with Crippen molar-refractivity contribution in [1.29, 1.82) is 0 Å². The number of fused-ring (bicyclic) bond motifs is 1. The second kappa shape index (κ2) is 9.42. The SMILES string of the molecule is CN(C[C@@H]1CCCN2CCCC[C@H]12)C(=O)CCCCCn1cccc1. The maximum absolute atomic E-state index is 12.5. The summed E-state index contributed by atoms with van der Waals surface area (Å²) in [5, 5.41) is 0. The molecular formula is C21H35N3O. The standard InChI is InChI=1S/C21H35N3O/c1-22(18-19-10-9-17-24-16-6-4-11-20(19)24)21(25)12-3-2-5-13-23-14-7-8-15-23/h7-8,14-15,19-20H,2-6,9-13,16-18H2,1H3/t19-,20+/m0/s1. The van der Waals surface area contributed by atoms with Gasteiger partial charge in [0.1, 0.15) is 0 Å². The summed E-state index contributed by atoms with van der Waals surface area (Å²) in [5.41, 5.74) is 0. The molecule has 0 aromatic carbocycles. The van der Waals surface area contributed by atoms with E-state index < -0.39 is 0 Å². The predicted octanol–water partition coefficient (Wildman–Crippen LogP) is 3.77. The molecule has 0 unspecified atom stereocenters. The van der Waals surface area contributed by atoms with Gasteiger partial charge in [0.05, 0.1) is 0 Å². The first kappa shape index (κ1) is 18.5. The maximum Gasteiger partial charge on any atom is 0.222 e. The summed E-state index contributed by atoms with van der Waals surface area (Å²) < 4.78 is 2.22. The lowest BCUT2D eigenvalue weighted by Crippen LogP contribution is -2.51. The Morgan fingerprint density at radius 1 is 1.04 bits per heavy atom. The highest BCUT2D eigenvalue weighted by Gasteiger charge is 2.33. The minimum atomic E-state index is 0.342. The fraction of sp³-hybridized carbons (Fsp3) is 0.762. The van der Waals surface area contributed by atoms with Crippen molar-refractivity contribution >= 4 is 5.91 Å². The molecule has 0 radical (unpaired) electrons. The molecule has 2 aliphatic rings. The van der Waals surface area contributed by atoms with Gasteiger partial charge < -0.3 is 14.4 Å². The van der Waals surface area contributed by atoms with Crippen LogP contribution in [0.3, 0.4) is 0 Å². The van der Waals surface area contributed by atoms with Crippen LogP contribution < -0.4 is 0 Å². The number of piperidine rings is 2. The van der Waals surface area contributed by atoms with Crippen LogP contribution in [0.15, 0.2) is 24.5 Å². The number of hydrogen-bond donors (Lipinski definition) is 0. The van der Waals surface area contributed by atoms with Crippen LogP contribution in [0.1, 0.15) is 57.8 Å². The van der Waals surface area contributed by atoms with Gasteiger partial charge in [-0.3, -0.25) is 4.79 Å². The number of carbonyl (C=O) groups is 1. The average Bonchev–Trinajstić information content (AvgIpc) is 3.15. The van der Waals surface area contributed by atoms with Gasteiger partial charge in [0.15, 0.2) is 0 Å². The zero-order valence-electron chi connectivity index (χ0n) is 15.9. The van der Waals surface area contributed by atoms with Gasteiger partial charge >= 0.3 is 0 Å². The molecule has 2 saturated heterocycles. The van der Waals surface area contributed by atoms with E-state index in [2.05, 4.69) is 34.0 Å². The zero-order valence-corrected chi connectivity index (χ0v) is 15.9. The lowest BCUT2D eigenvalue weighted by molar-refractivity contribution is -0.131. The predicted molar refractivity (Wildman–Crippen MR) is 102 cm³/mol. The second-order valence-corrected chi connectivity index (χ2v) is 8.01. The van der Waals surface area contributed by atoms with Crippen LogP contribution in [0.5, 0.6) is 0 Å². The maximum atomic E-state index is 12.5. The van der Waals surface area contributed by atoms with Gasteiger partial charge in [0.2, 0.25) is 5.91 Å². The number of aryl methyl sites for hydroxylation is 1. The summed E-state index contributed by atoms with van der Waals surface area (Å²) >= 11 is 0. The Kier molecular flexibility index (Phi) is 6.97. The van der Waals surface area contributed by atoms with Gasteiger partial charge in [-0.2, -0.15) is 0 Å². The minimum Gasteiger partial charge on any atom is -0.354 e. The first-order valence-corrected chi connectivity index (χ1v) is 10.3. The van der Waals surface area contributed by atoms with Gasteiger partial charge in [-0.05, 0) is 69.7 Å². The molecular weight excluding hydrogens is 310 g/mol. The Morgan fingerprint density at radius 3 is 2.68 bits per heavy atom. The van der Waals surface area contributed by atoms with Crippen molar-refractivity contribution in [3.05, 3.63) is 24.5 Å². The Balaban J connectivity index is 1.34. The highest BCUT2D eigenvalue weighted by Crippen LogP contribution is 2.31. The molecule has 3 heterocycles. The van der Waals surface area contributed by atoms with Crippen LogP contribution in [0.4, 0.5) is 0 Å².